The maximum Gasteiger partial charge on any atom is 0.259 e. The molecule has 6 heteroatoms. The minimum atomic E-state index is 0.0399. The van der Waals surface area contributed by atoms with Gasteiger partial charge in [-0.15, -0.1) is 0 Å². The molecule has 1 aliphatic heterocycles. The van der Waals surface area contributed by atoms with Crippen LogP contribution in [0.4, 0.5) is 5.82 Å². The van der Waals surface area contributed by atoms with Crippen LogP contribution in [0.15, 0.2) is 36.7 Å². The zero-order valence-electron chi connectivity index (χ0n) is 16.5. The van der Waals surface area contributed by atoms with Crippen LogP contribution in [0.25, 0.3) is 0 Å². The van der Waals surface area contributed by atoms with Crippen molar-refractivity contribution in [3.05, 3.63) is 42.2 Å². The zero-order valence-corrected chi connectivity index (χ0v) is 16.5. The molecule has 0 radical (unpaired) electrons. The molecule has 2 aliphatic rings. The Morgan fingerprint density at radius 3 is 2.75 bits per heavy atom. The van der Waals surface area contributed by atoms with Crippen molar-refractivity contribution in [1.82, 2.24) is 9.97 Å². The third kappa shape index (κ3) is 4.55. The number of pyridine rings is 2. The van der Waals surface area contributed by atoms with Gasteiger partial charge in [-0.3, -0.25) is 4.98 Å². The summed E-state index contributed by atoms with van der Waals surface area (Å²) in [4.78, 5) is 11.6. The second-order valence-electron chi connectivity index (χ2n) is 7.56. The first-order chi connectivity index (χ1) is 13.8. The second kappa shape index (κ2) is 9.24. The maximum atomic E-state index is 6.13. The number of rotatable bonds is 7. The summed E-state index contributed by atoms with van der Waals surface area (Å²) in [5, 5.41) is 0. The number of aromatic nitrogens is 2. The van der Waals surface area contributed by atoms with Gasteiger partial charge < -0.3 is 19.1 Å². The van der Waals surface area contributed by atoms with E-state index in [1.54, 1.807) is 7.11 Å². The molecular weight excluding hydrogens is 354 g/mol. The van der Waals surface area contributed by atoms with Gasteiger partial charge in [0.2, 0.25) is 0 Å². The minimum absolute atomic E-state index is 0.0399. The molecule has 0 amide bonds. The number of nitrogens with zero attached hydrogens (tertiary/aromatic N) is 3. The highest BCUT2D eigenvalue weighted by molar-refractivity contribution is 5.48. The van der Waals surface area contributed by atoms with Gasteiger partial charge in [0.25, 0.3) is 5.88 Å². The molecule has 3 heterocycles. The van der Waals surface area contributed by atoms with Crippen LogP contribution in [-0.2, 0) is 11.3 Å². The molecule has 1 atom stereocenters. The highest BCUT2D eigenvalue weighted by atomic mass is 16.6. The number of anilines is 1. The van der Waals surface area contributed by atoms with Gasteiger partial charge in [-0.2, -0.15) is 4.98 Å². The fraction of sp³-hybridized carbons (Fsp3) is 0.545. The van der Waals surface area contributed by atoms with Gasteiger partial charge in [0.15, 0.2) is 5.75 Å². The smallest absolute Gasteiger partial charge is 0.259 e. The Kier molecular flexibility index (Phi) is 6.27. The van der Waals surface area contributed by atoms with E-state index in [9.17, 15) is 0 Å². The highest BCUT2D eigenvalue weighted by Crippen LogP contribution is 2.33. The van der Waals surface area contributed by atoms with E-state index >= 15 is 0 Å². The molecule has 0 N–H and O–H groups in total. The van der Waals surface area contributed by atoms with Gasteiger partial charge in [0.1, 0.15) is 11.9 Å². The quantitative estimate of drug-likeness (QED) is 0.720. The Balaban J connectivity index is 1.62. The van der Waals surface area contributed by atoms with Crippen molar-refractivity contribution < 1.29 is 14.2 Å². The second-order valence-corrected chi connectivity index (χ2v) is 7.56. The molecule has 2 aromatic heterocycles. The summed E-state index contributed by atoms with van der Waals surface area (Å²) in [6.45, 7) is 2.14. The molecule has 1 aliphatic carbocycles. The molecule has 0 bridgehead atoms. The SMILES string of the molecule is COc1ccc(N(Cc2cccnc2)C2CCCCC2)nc1O[C@@H]1CCOC1. The number of hydrogen-bond acceptors (Lipinski definition) is 6. The third-order valence-electron chi connectivity index (χ3n) is 5.58. The maximum absolute atomic E-state index is 6.13. The van der Waals surface area contributed by atoms with Crippen LogP contribution in [0.2, 0.25) is 0 Å². The van der Waals surface area contributed by atoms with E-state index in [4.69, 9.17) is 19.2 Å². The lowest BCUT2D eigenvalue weighted by molar-refractivity contribution is 0.135. The van der Waals surface area contributed by atoms with Crippen molar-refractivity contribution in [3.63, 3.8) is 0 Å². The monoisotopic (exact) mass is 383 g/mol. The summed E-state index contributed by atoms with van der Waals surface area (Å²) < 4.78 is 17.1. The van der Waals surface area contributed by atoms with E-state index in [0.29, 0.717) is 24.3 Å². The molecule has 150 valence electrons. The van der Waals surface area contributed by atoms with Crippen LogP contribution in [0.1, 0.15) is 44.1 Å². The normalized spacial score (nSPS) is 20.1. The van der Waals surface area contributed by atoms with Crippen molar-refractivity contribution in [1.29, 1.82) is 0 Å². The van der Waals surface area contributed by atoms with Crippen molar-refractivity contribution in [2.24, 2.45) is 0 Å². The Hall–Kier alpha value is -2.34. The molecular formula is C22H29N3O3. The summed E-state index contributed by atoms with van der Waals surface area (Å²) in [6.07, 6.45) is 10.9. The Morgan fingerprint density at radius 1 is 1.14 bits per heavy atom. The molecule has 1 saturated heterocycles. The van der Waals surface area contributed by atoms with E-state index < -0.39 is 0 Å². The van der Waals surface area contributed by atoms with E-state index in [-0.39, 0.29) is 6.10 Å². The molecule has 28 heavy (non-hydrogen) atoms. The standard InChI is InChI=1S/C22H29N3O3/c1-26-20-9-10-21(24-22(20)28-19-11-13-27-16-19)25(18-7-3-2-4-8-18)15-17-6-5-12-23-14-17/h5-6,9-10,12,14,18-19H,2-4,7-8,11,13,15-16H2,1H3/t19-/m1/s1. The van der Waals surface area contributed by atoms with E-state index in [1.807, 2.05) is 30.6 Å². The van der Waals surface area contributed by atoms with Crippen molar-refractivity contribution in [2.75, 3.05) is 25.2 Å². The zero-order chi connectivity index (χ0) is 19.2. The number of ether oxygens (including phenoxy) is 3. The first-order valence-electron chi connectivity index (χ1n) is 10.3. The lowest BCUT2D eigenvalue weighted by atomic mass is 9.94. The van der Waals surface area contributed by atoms with Gasteiger partial charge in [0.05, 0.1) is 20.3 Å². The Morgan fingerprint density at radius 2 is 2.04 bits per heavy atom. The predicted molar refractivity (Wildman–Crippen MR) is 108 cm³/mol. The van der Waals surface area contributed by atoms with Gasteiger partial charge in [-0.05, 0) is 36.6 Å². The fourth-order valence-corrected chi connectivity index (χ4v) is 4.06. The van der Waals surface area contributed by atoms with Crippen molar-refractivity contribution >= 4 is 5.82 Å². The minimum Gasteiger partial charge on any atom is -0.491 e. The van der Waals surface area contributed by atoms with Gasteiger partial charge in [0, 0.05) is 31.4 Å². The van der Waals surface area contributed by atoms with Gasteiger partial charge >= 0.3 is 0 Å². The van der Waals surface area contributed by atoms with Crippen molar-refractivity contribution in [2.45, 2.75) is 57.2 Å². The lowest BCUT2D eigenvalue weighted by Crippen LogP contribution is -2.37. The Labute approximate surface area is 166 Å². The first kappa shape index (κ1) is 19.0. The average Bonchev–Trinajstić information content (AvgIpc) is 3.26. The predicted octanol–water partition coefficient (Wildman–Crippen LogP) is 3.99. The van der Waals surface area contributed by atoms with Crippen LogP contribution in [-0.4, -0.2) is 42.4 Å². The summed E-state index contributed by atoms with van der Waals surface area (Å²) in [5.41, 5.74) is 1.19. The van der Waals surface area contributed by atoms with Crippen LogP contribution >= 0.6 is 0 Å². The summed E-state index contributed by atoms with van der Waals surface area (Å²) >= 11 is 0. The van der Waals surface area contributed by atoms with E-state index in [0.717, 1.165) is 25.4 Å². The van der Waals surface area contributed by atoms with E-state index in [1.165, 1.54) is 37.7 Å². The topological polar surface area (TPSA) is 56.7 Å². The lowest BCUT2D eigenvalue weighted by Gasteiger charge is -2.35. The molecule has 1 saturated carbocycles. The molecule has 0 unspecified atom stereocenters. The van der Waals surface area contributed by atoms with Gasteiger partial charge in [-0.1, -0.05) is 25.3 Å². The number of methoxy groups -OCH3 is 1. The number of hydrogen-bond donors (Lipinski definition) is 0. The molecule has 0 aromatic carbocycles. The average molecular weight is 383 g/mol. The third-order valence-corrected chi connectivity index (χ3v) is 5.58. The molecule has 2 fully saturated rings. The van der Waals surface area contributed by atoms with Crippen molar-refractivity contribution in [3.8, 4) is 11.6 Å². The van der Waals surface area contributed by atoms with Crippen LogP contribution in [0, 0.1) is 0 Å². The molecule has 4 rings (SSSR count). The first-order valence-corrected chi connectivity index (χ1v) is 10.3. The summed E-state index contributed by atoms with van der Waals surface area (Å²) in [7, 11) is 1.66. The van der Waals surface area contributed by atoms with Gasteiger partial charge in [-0.25, -0.2) is 0 Å². The Bertz CT molecular complexity index is 744. The highest BCUT2D eigenvalue weighted by Gasteiger charge is 2.25. The van der Waals surface area contributed by atoms with E-state index in [2.05, 4.69) is 16.0 Å². The molecule has 2 aromatic rings. The fourth-order valence-electron chi connectivity index (χ4n) is 4.06. The van der Waals surface area contributed by atoms with Crippen LogP contribution in [0.5, 0.6) is 11.6 Å². The summed E-state index contributed by atoms with van der Waals surface area (Å²) in [6, 6.07) is 8.61. The molecule has 0 spiro atoms. The molecule has 6 nitrogen and oxygen atoms in total. The van der Waals surface area contributed by atoms with Crippen LogP contribution < -0.4 is 14.4 Å². The van der Waals surface area contributed by atoms with Crippen LogP contribution in [0.3, 0.4) is 0 Å². The largest absolute Gasteiger partial charge is 0.491 e. The summed E-state index contributed by atoms with van der Waals surface area (Å²) in [5.74, 6) is 2.16.